The molecule has 2 N–H and O–H groups in total. The summed E-state index contributed by atoms with van der Waals surface area (Å²) in [6.45, 7) is 2.65. The molecule has 1 saturated carbocycles. The van der Waals surface area contributed by atoms with Crippen molar-refractivity contribution < 1.29 is 4.79 Å². The van der Waals surface area contributed by atoms with Crippen molar-refractivity contribution in [1.82, 2.24) is 20.4 Å². The van der Waals surface area contributed by atoms with Gasteiger partial charge >= 0.3 is 0 Å². The lowest BCUT2D eigenvalue weighted by Crippen LogP contribution is -2.56. The molecular weight excluding hydrogens is 312 g/mol. The van der Waals surface area contributed by atoms with E-state index in [-0.39, 0.29) is 11.4 Å². The first-order valence-corrected chi connectivity index (χ1v) is 9.41. The highest BCUT2D eigenvalue weighted by Gasteiger charge is 2.46. The van der Waals surface area contributed by atoms with Gasteiger partial charge in [-0.3, -0.25) is 14.8 Å². The molecule has 0 spiro atoms. The lowest BCUT2D eigenvalue weighted by Gasteiger charge is -2.37. The van der Waals surface area contributed by atoms with Crippen LogP contribution in [0, 0.1) is 0 Å². The van der Waals surface area contributed by atoms with Gasteiger partial charge in [0.05, 0.1) is 11.9 Å². The van der Waals surface area contributed by atoms with Crippen molar-refractivity contribution in [1.29, 1.82) is 0 Å². The van der Waals surface area contributed by atoms with Crippen molar-refractivity contribution in [2.75, 3.05) is 13.1 Å². The number of nitrogens with one attached hydrogen (secondary N) is 2. The van der Waals surface area contributed by atoms with Crippen LogP contribution in [0.15, 0.2) is 36.5 Å². The van der Waals surface area contributed by atoms with Gasteiger partial charge in [0.1, 0.15) is 5.54 Å². The Hall–Kier alpha value is -2.14. The van der Waals surface area contributed by atoms with Crippen LogP contribution in [0.4, 0.5) is 0 Å². The van der Waals surface area contributed by atoms with Crippen molar-refractivity contribution in [3.05, 3.63) is 42.1 Å². The number of nitrogens with zero attached hydrogens (tertiary/aromatic N) is 2. The second-order valence-electron chi connectivity index (χ2n) is 7.25. The van der Waals surface area contributed by atoms with Crippen LogP contribution in [0.25, 0.3) is 11.3 Å². The molecule has 0 atom stereocenters. The first-order valence-electron chi connectivity index (χ1n) is 9.41. The lowest BCUT2D eigenvalue weighted by atomic mass is 9.94. The number of aromatic amines is 1. The second kappa shape index (κ2) is 7.00. The van der Waals surface area contributed by atoms with Crippen LogP contribution in [0.5, 0.6) is 0 Å². The van der Waals surface area contributed by atoms with E-state index >= 15 is 0 Å². The zero-order valence-electron chi connectivity index (χ0n) is 14.6. The Balaban J connectivity index is 1.48. The maximum Gasteiger partial charge on any atom is 0.240 e. The Morgan fingerprint density at radius 2 is 1.84 bits per heavy atom. The average Bonchev–Trinajstić information content (AvgIpc) is 3.42. The Morgan fingerprint density at radius 1 is 1.12 bits per heavy atom. The van der Waals surface area contributed by atoms with E-state index in [0.717, 1.165) is 55.6 Å². The third kappa shape index (κ3) is 3.09. The molecule has 2 aliphatic rings. The van der Waals surface area contributed by atoms with Gasteiger partial charge in [-0.05, 0) is 44.3 Å². The molecule has 5 nitrogen and oxygen atoms in total. The molecule has 1 aliphatic carbocycles. The fourth-order valence-corrected chi connectivity index (χ4v) is 4.43. The van der Waals surface area contributed by atoms with E-state index in [1.54, 1.807) is 0 Å². The summed E-state index contributed by atoms with van der Waals surface area (Å²) in [5, 5.41) is 10.5. The molecule has 132 valence electrons. The molecule has 1 amide bonds. The van der Waals surface area contributed by atoms with Gasteiger partial charge in [0, 0.05) is 12.1 Å². The Kier molecular flexibility index (Phi) is 4.57. The molecule has 1 aliphatic heterocycles. The maximum atomic E-state index is 13.1. The zero-order valence-corrected chi connectivity index (χ0v) is 14.6. The maximum absolute atomic E-state index is 13.1. The molecule has 0 unspecified atom stereocenters. The number of aromatic nitrogens is 2. The number of benzene rings is 1. The van der Waals surface area contributed by atoms with E-state index in [4.69, 9.17) is 0 Å². The van der Waals surface area contributed by atoms with Crippen molar-refractivity contribution in [3.8, 4) is 11.3 Å². The first-order chi connectivity index (χ1) is 12.3. The number of H-pyrrole nitrogens is 1. The van der Waals surface area contributed by atoms with Gasteiger partial charge < -0.3 is 5.32 Å². The molecule has 0 radical (unpaired) electrons. The second-order valence-corrected chi connectivity index (χ2v) is 7.25. The third-order valence-corrected chi connectivity index (χ3v) is 5.78. The molecule has 2 heterocycles. The van der Waals surface area contributed by atoms with Crippen molar-refractivity contribution in [2.45, 2.75) is 50.6 Å². The molecule has 1 aromatic heterocycles. The summed E-state index contributed by atoms with van der Waals surface area (Å²) in [5.74, 6) is 0.201. The number of amides is 1. The monoisotopic (exact) mass is 338 g/mol. The van der Waals surface area contributed by atoms with Crippen LogP contribution in [-0.2, 0) is 11.3 Å². The van der Waals surface area contributed by atoms with Crippen LogP contribution < -0.4 is 5.32 Å². The van der Waals surface area contributed by atoms with Crippen molar-refractivity contribution in [2.24, 2.45) is 0 Å². The Labute approximate surface area is 148 Å². The Morgan fingerprint density at radius 3 is 2.56 bits per heavy atom. The molecule has 2 aromatic rings. The van der Waals surface area contributed by atoms with E-state index < -0.39 is 0 Å². The normalized spacial score (nSPS) is 20.0. The predicted molar refractivity (Wildman–Crippen MR) is 97.9 cm³/mol. The SMILES string of the molecule is O=C(NCc1cn[nH]c1-c1ccccc1)C1(N2CCCC2)CCCC1. The number of hydrogen-bond acceptors (Lipinski definition) is 3. The molecule has 25 heavy (non-hydrogen) atoms. The minimum Gasteiger partial charge on any atom is -0.350 e. The van der Waals surface area contributed by atoms with Crippen molar-refractivity contribution >= 4 is 5.91 Å². The molecule has 1 aromatic carbocycles. The molecule has 0 bridgehead atoms. The minimum absolute atomic E-state index is 0.201. The van der Waals surface area contributed by atoms with Crippen LogP contribution >= 0.6 is 0 Å². The van der Waals surface area contributed by atoms with E-state index in [1.807, 2.05) is 24.4 Å². The van der Waals surface area contributed by atoms with Crippen LogP contribution in [0.3, 0.4) is 0 Å². The summed E-state index contributed by atoms with van der Waals surface area (Å²) >= 11 is 0. The third-order valence-electron chi connectivity index (χ3n) is 5.78. The lowest BCUT2D eigenvalue weighted by molar-refractivity contribution is -0.133. The van der Waals surface area contributed by atoms with Gasteiger partial charge in [-0.15, -0.1) is 0 Å². The van der Waals surface area contributed by atoms with Gasteiger partial charge in [-0.1, -0.05) is 43.2 Å². The number of hydrogen-bond donors (Lipinski definition) is 2. The van der Waals surface area contributed by atoms with Gasteiger partial charge in [-0.2, -0.15) is 5.10 Å². The van der Waals surface area contributed by atoms with E-state index in [1.165, 1.54) is 12.8 Å². The van der Waals surface area contributed by atoms with E-state index in [0.29, 0.717) is 6.54 Å². The highest BCUT2D eigenvalue weighted by molar-refractivity contribution is 5.87. The number of carbonyl (C=O) groups excluding carboxylic acids is 1. The first kappa shape index (κ1) is 16.3. The quantitative estimate of drug-likeness (QED) is 0.881. The van der Waals surface area contributed by atoms with Gasteiger partial charge in [-0.25, -0.2) is 0 Å². The van der Waals surface area contributed by atoms with Gasteiger partial charge in [0.15, 0.2) is 0 Å². The minimum atomic E-state index is -0.271. The average molecular weight is 338 g/mol. The molecule has 4 rings (SSSR count). The summed E-state index contributed by atoms with van der Waals surface area (Å²) in [6.07, 6.45) is 8.56. The van der Waals surface area contributed by atoms with Crippen LogP contribution in [-0.4, -0.2) is 39.6 Å². The summed E-state index contributed by atoms with van der Waals surface area (Å²) in [4.78, 5) is 15.5. The standard InChI is InChI=1S/C20H26N4O/c25-19(20(10-4-5-11-20)24-12-6-7-13-24)21-14-17-15-22-23-18(17)16-8-2-1-3-9-16/h1-3,8-9,15H,4-7,10-14H2,(H,21,25)(H,22,23). The van der Waals surface area contributed by atoms with Crippen LogP contribution in [0.1, 0.15) is 44.1 Å². The Bertz CT molecular complexity index is 712. The van der Waals surface area contributed by atoms with Crippen molar-refractivity contribution in [3.63, 3.8) is 0 Å². The molecule has 5 heteroatoms. The fourth-order valence-electron chi connectivity index (χ4n) is 4.43. The highest BCUT2D eigenvalue weighted by atomic mass is 16.2. The van der Waals surface area contributed by atoms with Gasteiger partial charge in [0.2, 0.25) is 5.91 Å². The number of likely N-dealkylation sites (tertiary alicyclic amines) is 1. The largest absolute Gasteiger partial charge is 0.350 e. The van der Waals surface area contributed by atoms with Crippen LogP contribution in [0.2, 0.25) is 0 Å². The van der Waals surface area contributed by atoms with Gasteiger partial charge in [0.25, 0.3) is 0 Å². The molecule has 1 saturated heterocycles. The smallest absolute Gasteiger partial charge is 0.240 e. The predicted octanol–water partition coefficient (Wildman–Crippen LogP) is 3.10. The highest BCUT2D eigenvalue weighted by Crippen LogP contribution is 2.37. The van der Waals surface area contributed by atoms with E-state index in [2.05, 4.69) is 32.5 Å². The summed E-state index contributed by atoms with van der Waals surface area (Å²) in [6, 6.07) is 10.1. The summed E-state index contributed by atoms with van der Waals surface area (Å²) in [5.41, 5.74) is 2.85. The van der Waals surface area contributed by atoms with E-state index in [9.17, 15) is 4.79 Å². The summed E-state index contributed by atoms with van der Waals surface area (Å²) < 4.78 is 0. The molecular formula is C20H26N4O. The number of carbonyl (C=O) groups is 1. The zero-order chi connectivity index (χ0) is 17.1. The summed E-state index contributed by atoms with van der Waals surface area (Å²) in [7, 11) is 0. The number of rotatable bonds is 5. The topological polar surface area (TPSA) is 61.0 Å². The fraction of sp³-hybridized carbons (Fsp3) is 0.500. The molecule has 2 fully saturated rings.